The van der Waals surface area contributed by atoms with Crippen molar-refractivity contribution in [2.75, 3.05) is 16.4 Å². The molecular weight excluding hydrogens is 448 g/mol. The van der Waals surface area contributed by atoms with E-state index in [9.17, 15) is 4.79 Å². The second-order valence-corrected chi connectivity index (χ2v) is 7.98. The van der Waals surface area contributed by atoms with E-state index < -0.39 is 0 Å². The van der Waals surface area contributed by atoms with Gasteiger partial charge < -0.3 is 10.6 Å². The summed E-state index contributed by atoms with van der Waals surface area (Å²) < 4.78 is 0.842. The number of thioether (sulfide) groups is 1. The molecule has 0 aliphatic carbocycles. The first kappa shape index (κ1) is 19.4. The fourth-order valence-corrected chi connectivity index (χ4v) is 3.79. The molecule has 1 amide bonds. The molecule has 7 heteroatoms. The minimum Gasteiger partial charge on any atom is -0.340 e. The van der Waals surface area contributed by atoms with E-state index in [2.05, 4.69) is 36.5 Å². The van der Waals surface area contributed by atoms with Crippen LogP contribution in [0, 0.1) is 0 Å². The van der Waals surface area contributed by atoms with Gasteiger partial charge in [-0.25, -0.2) is 9.97 Å². The second-order valence-electron chi connectivity index (χ2n) is 6.18. The highest BCUT2D eigenvalue weighted by Crippen LogP contribution is 2.27. The fourth-order valence-electron chi connectivity index (χ4n) is 2.75. The molecule has 0 saturated carbocycles. The highest BCUT2D eigenvalue weighted by Gasteiger charge is 2.11. The Kier molecular flexibility index (Phi) is 6.07. The zero-order valence-electron chi connectivity index (χ0n) is 15.3. The molecule has 1 aromatic heterocycles. The van der Waals surface area contributed by atoms with Gasteiger partial charge in [-0.1, -0.05) is 54.2 Å². The molecule has 0 saturated heterocycles. The summed E-state index contributed by atoms with van der Waals surface area (Å²) in [4.78, 5) is 21.6. The first-order chi connectivity index (χ1) is 14.2. The van der Waals surface area contributed by atoms with Crippen LogP contribution < -0.4 is 10.6 Å². The quantitative estimate of drug-likeness (QED) is 0.276. The van der Waals surface area contributed by atoms with Crippen molar-refractivity contribution in [2.45, 2.75) is 5.16 Å². The van der Waals surface area contributed by atoms with Crippen LogP contribution in [0.25, 0.3) is 10.9 Å². The Hall–Kier alpha value is -2.90. The Morgan fingerprint density at radius 2 is 1.62 bits per heavy atom. The minimum atomic E-state index is -0.115. The van der Waals surface area contributed by atoms with Crippen LogP contribution in [0.15, 0.2) is 88.5 Å². The number of carbonyl (C=O) groups is 1. The normalized spacial score (nSPS) is 10.7. The third kappa shape index (κ3) is 4.93. The van der Waals surface area contributed by atoms with Gasteiger partial charge >= 0.3 is 0 Å². The Morgan fingerprint density at radius 1 is 0.897 bits per heavy atom. The molecule has 0 spiro atoms. The van der Waals surface area contributed by atoms with Crippen LogP contribution in [0.3, 0.4) is 0 Å². The molecule has 0 bridgehead atoms. The second kappa shape index (κ2) is 9.07. The summed E-state index contributed by atoms with van der Waals surface area (Å²) in [6.45, 7) is 0. The number of carbonyl (C=O) groups excluding carboxylic acids is 1. The van der Waals surface area contributed by atoms with Crippen LogP contribution in [0.4, 0.5) is 17.2 Å². The lowest BCUT2D eigenvalue weighted by Gasteiger charge is -2.11. The molecule has 29 heavy (non-hydrogen) atoms. The zero-order chi connectivity index (χ0) is 20.1. The first-order valence-corrected chi connectivity index (χ1v) is 10.7. The summed E-state index contributed by atoms with van der Waals surface area (Å²) in [6, 6.07) is 25.2. The number of nitrogens with one attached hydrogen (secondary N) is 2. The van der Waals surface area contributed by atoms with Gasteiger partial charge in [0.25, 0.3) is 0 Å². The van der Waals surface area contributed by atoms with E-state index in [1.807, 2.05) is 78.9 Å². The van der Waals surface area contributed by atoms with E-state index in [0.29, 0.717) is 5.16 Å². The summed E-state index contributed by atoms with van der Waals surface area (Å²) in [5, 5.41) is 7.72. The largest absolute Gasteiger partial charge is 0.340 e. The van der Waals surface area contributed by atoms with E-state index in [1.54, 1.807) is 0 Å². The van der Waals surface area contributed by atoms with Crippen molar-refractivity contribution in [1.82, 2.24) is 9.97 Å². The minimum absolute atomic E-state index is 0.115. The molecule has 0 unspecified atom stereocenters. The van der Waals surface area contributed by atoms with E-state index in [0.717, 1.165) is 32.6 Å². The zero-order valence-corrected chi connectivity index (χ0v) is 17.7. The number of hydrogen-bond donors (Lipinski definition) is 2. The topological polar surface area (TPSA) is 66.9 Å². The molecule has 2 N–H and O–H groups in total. The predicted molar refractivity (Wildman–Crippen MR) is 123 cm³/mol. The number of anilines is 3. The lowest BCUT2D eigenvalue weighted by Crippen LogP contribution is -2.14. The van der Waals surface area contributed by atoms with Crippen molar-refractivity contribution in [3.8, 4) is 0 Å². The van der Waals surface area contributed by atoms with Gasteiger partial charge in [-0.15, -0.1) is 0 Å². The van der Waals surface area contributed by atoms with Crippen molar-refractivity contribution >= 4 is 61.7 Å². The fraction of sp³-hybridized carbons (Fsp3) is 0.0455. The number of rotatable bonds is 6. The smallest absolute Gasteiger partial charge is 0.234 e. The summed E-state index contributed by atoms with van der Waals surface area (Å²) in [5.41, 5.74) is 2.51. The molecule has 3 aromatic carbocycles. The van der Waals surface area contributed by atoms with Crippen LogP contribution in [0.5, 0.6) is 0 Å². The average molecular weight is 465 g/mol. The highest BCUT2D eigenvalue weighted by molar-refractivity contribution is 9.10. The number of nitrogens with zero attached hydrogens (tertiary/aromatic N) is 2. The van der Waals surface area contributed by atoms with Gasteiger partial charge in [0, 0.05) is 15.5 Å². The van der Waals surface area contributed by atoms with Crippen LogP contribution in [0.2, 0.25) is 0 Å². The van der Waals surface area contributed by atoms with Gasteiger partial charge in [0.1, 0.15) is 5.82 Å². The number of aromatic nitrogens is 2. The van der Waals surface area contributed by atoms with Crippen molar-refractivity contribution in [2.24, 2.45) is 0 Å². The van der Waals surface area contributed by atoms with Crippen molar-refractivity contribution < 1.29 is 4.79 Å². The van der Waals surface area contributed by atoms with Gasteiger partial charge in [0.2, 0.25) is 5.91 Å². The number of halogens is 1. The van der Waals surface area contributed by atoms with Crippen molar-refractivity contribution in [1.29, 1.82) is 0 Å². The molecule has 144 valence electrons. The summed E-state index contributed by atoms with van der Waals surface area (Å²) in [7, 11) is 0. The Morgan fingerprint density at radius 3 is 2.45 bits per heavy atom. The monoisotopic (exact) mass is 464 g/mol. The molecule has 5 nitrogen and oxygen atoms in total. The molecule has 4 rings (SSSR count). The Bertz CT molecular complexity index is 1150. The maximum Gasteiger partial charge on any atom is 0.234 e. The summed E-state index contributed by atoms with van der Waals surface area (Å²) in [5.74, 6) is 0.816. The third-order valence-corrected chi connectivity index (χ3v) is 5.64. The molecule has 0 aliphatic heterocycles. The van der Waals surface area contributed by atoms with Crippen molar-refractivity contribution in [3.05, 3.63) is 83.3 Å². The molecule has 0 radical (unpaired) electrons. The summed E-state index contributed by atoms with van der Waals surface area (Å²) in [6.07, 6.45) is 0. The van der Waals surface area contributed by atoms with Crippen LogP contribution in [-0.4, -0.2) is 21.6 Å². The molecule has 0 fully saturated rings. The van der Waals surface area contributed by atoms with Gasteiger partial charge in [0.15, 0.2) is 5.16 Å². The van der Waals surface area contributed by atoms with Gasteiger partial charge in [-0.05, 0) is 52.3 Å². The molecule has 1 heterocycles. The van der Waals surface area contributed by atoms with E-state index >= 15 is 0 Å². The highest BCUT2D eigenvalue weighted by atomic mass is 79.9. The van der Waals surface area contributed by atoms with Crippen molar-refractivity contribution in [3.63, 3.8) is 0 Å². The molecule has 0 atom stereocenters. The number of hydrogen-bond acceptors (Lipinski definition) is 5. The number of para-hydroxylation sites is 3. The maximum atomic E-state index is 12.4. The van der Waals surface area contributed by atoms with Gasteiger partial charge in [-0.2, -0.15) is 0 Å². The average Bonchev–Trinajstić information content (AvgIpc) is 2.75. The maximum absolute atomic E-state index is 12.4. The lowest BCUT2D eigenvalue weighted by atomic mass is 10.2. The van der Waals surface area contributed by atoms with E-state index in [-0.39, 0.29) is 11.7 Å². The Balaban J connectivity index is 1.53. The van der Waals surface area contributed by atoms with Gasteiger partial charge in [0.05, 0.1) is 17.0 Å². The Labute approximate surface area is 181 Å². The number of benzene rings is 3. The third-order valence-electron chi connectivity index (χ3n) is 4.10. The van der Waals surface area contributed by atoms with Gasteiger partial charge in [-0.3, -0.25) is 4.79 Å². The number of fused-ring (bicyclic) bond motifs is 1. The molecule has 0 aliphatic rings. The summed E-state index contributed by atoms with van der Waals surface area (Å²) >= 11 is 4.74. The van der Waals surface area contributed by atoms with Crippen LogP contribution >= 0.6 is 27.7 Å². The van der Waals surface area contributed by atoms with Crippen LogP contribution in [-0.2, 0) is 4.79 Å². The van der Waals surface area contributed by atoms with E-state index in [1.165, 1.54) is 11.8 Å². The van der Waals surface area contributed by atoms with Crippen LogP contribution in [0.1, 0.15) is 0 Å². The van der Waals surface area contributed by atoms with E-state index in [4.69, 9.17) is 0 Å². The first-order valence-electron chi connectivity index (χ1n) is 8.95. The predicted octanol–water partition coefficient (Wildman–Crippen LogP) is 5.87. The molecule has 4 aromatic rings. The number of amides is 1. The molecular formula is C22H17BrN4OS. The lowest BCUT2D eigenvalue weighted by molar-refractivity contribution is -0.113. The standard InChI is InChI=1S/C22H17BrN4OS/c23-17-11-5-7-13-19(17)25-20(28)14-29-22-26-18-12-6-4-10-16(18)21(27-22)24-15-8-2-1-3-9-15/h1-13H,14H2,(H,25,28)(H,24,26,27). The SMILES string of the molecule is O=C(CSc1nc(Nc2ccccc2)c2ccccc2n1)Nc1ccccc1Br.